The molecule has 1 rings (SSSR count). The fraction of sp³-hybridized carbons (Fsp3) is 0.571. The number of carbonyl (C=O) groups excluding carboxylic acids is 2. The Morgan fingerprint density at radius 1 is 1.69 bits per heavy atom. The predicted octanol–water partition coefficient (Wildman–Crippen LogP) is -1.45. The third-order valence-corrected chi connectivity index (χ3v) is 2.06. The van der Waals surface area contributed by atoms with Gasteiger partial charge in [-0.25, -0.2) is 4.79 Å². The lowest BCUT2D eigenvalue weighted by Crippen LogP contribution is -2.54. The number of carboxylic acids is 1. The Hall–Kier alpha value is -1.43. The number of nitrogens with zero attached hydrogens (tertiary/aromatic N) is 1. The van der Waals surface area contributed by atoms with E-state index >= 15 is 0 Å². The number of hydrogen-bond donors (Lipinski definition) is 2. The largest absolute Gasteiger partial charge is 0.479 e. The van der Waals surface area contributed by atoms with E-state index in [2.05, 4.69) is 0 Å². The zero-order chi connectivity index (χ0) is 10.2. The summed E-state index contributed by atoms with van der Waals surface area (Å²) in [7, 11) is 0. The molecule has 6 nitrogen and oxygen atoms in total. The van der Waals surface area contributed by atoms with Crippen molar-refractivity contribution in [1.29, 1.82) is 0 Å². The van der Waals surface area contributed by atoms with Gasteiger partial charge in [-0.05, 0) is 6.92 Å². The Balaban J connectivity index is 3.03. The number of nitrogens with two attached hydrogens (primary N) is 1. The average Bonchev–Trinajstić information content (AvgIpc) is 2.25. The quantitative estimate of drug-likeness (QED) is 0.405. The zero-order valence-electron chi connectivity index (χ0n) is 7.11. The van der Waals surface area contributed by atoms with Crippen LogP contribution in [0.2, 0.25) is 0 Å². The highest BCUT2D eigenvalue weighted by Gasteiger charge is 2.54. The first kappa shape index (κ1) is 9.66. The van der Waals surface area contributed by atoms with Gasteiger partial charge in [0.2, 0.25) is 11.4 Å². The van der Waals surface area contributed by atoms with E-state index in [-0.39, 0.29) is 6.54 Å². The molecule has 0 unspecified atom stereocenters. The maximum Gasteiger partial charge on any atom is 0.334 e. The molecule has 1 fully saturated rings. The van der Waals surface area contributed by atoms with E-state index in [1.54, 1.807) is 6.92 Å². The van der Waals surface area contributed by atoms with Gasteiger partial charge in [0.1, 0.15) is 0 Å². The molecule has 0 aromatic rings. The molecular weight excluding hydrogens is 176 g/mol. The Morgan fingerprint density at radius 3 is 2.46 bits per heavy atom. The van der Waals surface area contributed by atoms with Gasteiger partial charge in [0.05, 0.1) is 6.42 Å². The second kappa shape index (κ2) is 2.81. The monoisotopic (exact) mass is 186 g/mol. The van der Waals surface area contributed by atoms with Crippen molar-refractivity contribution in [2.45, 2.75) is 18.9 Å². The minimum absolute atomic E-state index is 0.157. The number of carboxylic acid groups (broad SMARTS) is 1. The maximum atomic E-state index is 11.3. The van der Waals surface area contributed by atoms with Gasteiger partial charge < -0.3 is 10.8 Å². The molecule has 1 heterocycles. The lowest BCUT2D eigenvalue weighted by molar-refractivity contribution is -0.149. The summed E-state index contributed by atoms with van der Waals surface area (Å²) in [6.07, 6.45) is -0.449. The first-order chi connectivity index (χ1) is 5.93. The summed E-state index contributed by atoms with van der Waals surface area (Å²) in [6, 6.07) is 0. The van der Waals surface area contributed by atoms with Gasteiger partial charge in [-0.3, -0.25) is 14.5 Å². The molecule has 0 aliphatic carbocycles. The number of likely N-dealkylation sites (tertiary alicyclic amines) is 1. The van der Waals surface area contributed by atoms with Crippen molar-refractivity contribution in [2.24, 2.45) is 5.73 Å². The van der Waals surface area contributed by atoms with Crippen molar-refractivity contribution in [3.8, 4) is 0 Å². The summed E-state index contributed by atoms with van der Waals surface area (Å²) in [5, 5.41) is 8.65. The minimum Gasteiger partial charge on any atom is -0.479 e. The van der Waals surface area contributed by atoms with E-state index in [1.165, 1.54) is 0 Å². The van der Waals surface area contributed by atoms with Gasteiger partial charge in [-0.1, -0.05) is 0 Å². The SMILES string of the molecule is CCN1C(=O)C[C@@](N)(C(=O)O)C1=O. The summed E-state index contributed by atoms with van der Waals surface area (Å²) < 4.78 is 0. The molecule has 0 saturated carbocycles. The molecule has 1 aliphatic heterocycles. The van der Waals surface area contributed by atoms with Gasteiger partial charge in [-0.2, -0.15) is 0 Å². The molecular formula is C7H10N2O4. The predicted molar refractivity (Wildman–Crippen MR) is 41.6 cm³/mol. The van der Waals surface area contributed by atoms with E-state index in [9.17, 15) is 14.4 Å². The molecule has 72 valence electrons. The number of amides is 2. The fourth-order valence-electron chi connectivity index (χ4n) is 1.25. The minimum atomic E-state index is -2.05. The average molecular weight is 186 g/mol. The molecule has 2 amide bonds. The highest BCUT2D eigenvalue weighted by atomic mass is 16.4. The summed E-state index contributed by atoms with van der Waals surface area (Å²) in [5.74, 6) is -2.81. The van der Waals surface area contributed by atoms with Crippen LogP contribution in [0.5, 0.6) is 0 Å². The third kappa shape index (κ3) is 1.19. The van der Waals surface area contributed by atoms with Gasteiger partial charge >= 0.3 is 5.97 Å². The Kier molecular flexibility index (Phi) is 2.09. The molecule has 0 aromatic carbocycles. The van der Waals surface area contributed by atoms with E-state index in [0.717, 1.165) is 4.90 Å². The van der Waals surface area contributed by atoms with Crippen molar-refractivity contribution in [3.63, 3.8) is 0 Å². The Morgan fingerprint density at radius 2 is 2.23 bits per heavy atom. The molecule has 0 bridgehead atoms. The van der Waals surface area contributed by atoms with E-state index in [0.29, 0.717) is 0 Å². The number of carbonyl (C=O) groups is 3. The van der Waals surface area contributed by atoms with Crippen molar-refractivity contribution >= 4 is 17.8 Å². The molecule has 0 spiro atoms. The van der Waals surface area contributed by atoms with Gasteiger partial charge in [0, 0.05) is 6.54 Å². The van der Waals surface area contributed by atoms with E-state index in [4.69, 9.17) is 10.8 Å². The lowest BCUT2D eigenvalue weighted by atomic mass is 10.00. The number of rotatable bonds is 2. The first-order valence-corrected chi connectivity index (χ1v) is 3.80. The van der Waals surface area contributed by atoms with Crippen molar-refractivity contribution in [3.05, 3.63) is 0 Å². The fourth-order valence-corrected chi connectivity index (χ4v) is 1.25. The number of imide groups is 1. The van der Waals surface area contributed by atoms with Crippen LogP contribution in [0.15, 0.2) is 0 Å². The highest BCUT2D eigenvalue weighted by molar-refractivity contribution is 6.19. The topological polar surface area (TPSA) is 101 Å². The Labute approximate surface area is 74.3 Å². The number of likely N-dealkylation sites (N-methyl/N-ethyl adjacent to an activating group) is 1. The maximum absolute atomic E-state index is 11.3. The summed E-state index contributed by atoms with van der Waals surface area (Å²) in [5.41, 5.74) is 3.24. The van der Waals surface area contributed by atoms with Crippen LogP contribution in [-0.4, -0.2) is 39.9 Å². The summed E-state index contributed by atoms with van der Waals surface area (Å²) in [6.45, 7) is 1.74. The molecule has 1 aliphatic rings. The molecule has 1 saturated heterocycles. The second-order valence-electron chi connectivity index (χ2n) is 2.90. The smallest absolute Gasteiger partial charge is 0.334 e. The molecule has 13 heavy (non-hydrogen) atoms. The zero-order valence-corrected chi connectivity index (χ0v) is 7.11. The number of hydrogen-bond acceptors (Lipinski definition) is 4. The molecule has 1 atom stereocenters. The Bertz CT molecular complexity index is 288. The van der Waals surface area contributed by atoms with Gasteiger partial charge in [-0.15, -0.1) is 0 Å². The number of aliphatic carboxylic acids is 1. The third-order valence-electron chi connectivity index (χ3n) is 2.06. The van der Waals surface area contributed by atoms with Gasteiger partial charge in [0.25, 0.3) is 5.91 Å². The lowest BCUT2D eigenvalue weighted by Gasteiger charge is -2.15. The van der Waals surface area contributed by atoms with Gasteiger partial charge in [0.15, 0.2) is 0 Å². The standard InChI is InChI=1S/C7H10N2O4/c1-2-9-4(10)3-7(8,5(9)11)6(12)13/h2-3,8H2,1H3,(H,12,13)/t7-/m0/s1. The summed E-state index contributed by atoms with van der Waals surface area (Å²) in [4.78, 5) is 33.9. The van der Waals surface area contributed by atoms with Crippen molar-refractivity contribution in [2.75, 3.05) is 6.54 Å². The van der Waals surface area contributed by atoms with E-state index < -0.39 is 29.7 Å². The molecule has 0 aromatic heterocycles. The van der Waals surface area contributed by atoms with Crippen LogP contribution in [0.25, 0.3) is 0 Å². The van der Waals surface area contributed by atoms with Crippen LogP contribution >= 0.6 is 0 Å². The van der Waals surface area contributed by atoms with Crippen LogP contribution in [0.3, 0.4) is 0 Å². The van der Waals surface area contributed by atoms with Crippen LogP contribution in [0.4, 0.5) is 0 Å². The molecule has 0 radical (unpaired) electrons. The highest BCUT2D eigenvalue weighted by Crippen LogP contribution is 2.21. The van der Waals surface area contributed by atoms with Crippen LogP contribution in [-0.2, 0) is 14.4 Å². The van der Waals surface area contributed by atoms with Crippen LogP contribution in [0, 0.1) is 0 Å². The van der Waals surface area contributed by atoms with Crippen molar-refractivity contribution < 1.29 is 19.5 Å². The van der Waals surface area contributed by atoms with Crippen LogP contribution in [0.1, 0.15) is 13.3 Å². The first-order valence-electron chi connectivity index (χ1n) is 3.80. The van der Waals surface area contributed by atoms with E-state index in [1.807, 2.05) is 0 Å². The summed E-state index contributed by atoms with van der Waals surface area (Å²) >= 11 is 0. The molecule has 6 heteroatoms. The molecule has 3 N–H and O–H groups in total. The second-order valence-corrected chi connectivity index (χ2v) is 2.90. The van der Waals surface area contributed by atoms with Crippen LogP contribution < -0.4 is 5.73 Å². The van der Waals surface area contributed by atoms with Crippen molar-refractivity contribution in [1.82, 2.24) is 4.90 Å². The normalized spacial score (nSPS) is 28.3.